The molecule has 0 radical (unpaired) electrons. The minimum Gasteiger partial charge on any atom is -0.483 e. The number of nitrogens with zero attached hydrogens (tertiary/aromatic N) is 2. The van der Waals surface area contributed by atoms with Crippen molar-refractivity contribution in [1.29, 1.82) is 0 Å². The molecule has 1 spiro atoms. The zero-order chi connectivity index (χ0) is 24.7. The molecule has 2 N–H and O–H groups in total. The van der Waals surface area contributed by atoms with Crippen molar-refractivity contribution in [3.63, 3.8) is 0 Å². The van der Waals surface area contributed by atoms with Crippen LogP contribution in [0.15, 0.2) is 24.3 Å². The molecule has 0 bridgehead atoms. The third-order valence-electron chi connectivity index (χ3n) is 7.00. The number of carbonyl (C=O) groups excluding carboxylic acids is 3. The van der Waals surface area contributed by atoms with Crippen molar-refractivity contribution in [2.45, 2.75) is 51.0 Å². The number of hydrogen-bond donors (Lipinski definition) is 2. The smallest absolute Gasteiger partial charge is 0.312 e. The molecule has 1 aromatic carbocycles. The van der Waals surface area contributed by atoms with Gasteiger partial charge in [0, 0.05) is 43.2 Å². The summed E-state index contributed by atoms with van der Waals surface area (Å²) in [7, 11) is 3.95. The van der Waals surface area contributed by atoms with Crippen LogP contribution in [0, 0.1) is 11.3 Å². The lowest BCUT2D eigenvalue weighted by Crippen LogP contribution is -2.45. The van der Waals surface area contributed by atoms with Crippen molar-refractivity contribution in [1.82, 2.24) is 9.80 Å². The molecule has 4 rings (SSSR count). The minimum atomic E-state index is -0.450. The lowest BCUT2D eigenvalue weighted by atomic mass is 9.76. The first kappa shape index (κ1) is 25.7. The Bertz CT molecular complexity index is 888. The van der Waals surface area contributed by atoms with E-state index in [0.717, 1.165) is 38.6 Å². The van der Waals surface area contributed by atoms with Crippen molar-refractivity contribution >= 4 is 29.9 Å². The van der Waals surface area contributed by atoms with Crippen molar-refractivity contribution in [2.75, 3.05) is 39.0 Å². The molecule has 2 amide bonds. The van der Waals surface area contributed by atoms with Gasteiger partial charge in [0.1, 0.15) is 6.10 Å². The number of benzene rings is 1. The summed E-state index contributed by atoms with van der Waals surface area (Å²) in [6, 6.07) is 7.18. The Morgan fingerprint density at radius 2 is 1.88 bits per heavy atom. The van der Waals surface area contributed by atoms with E-state index in [9.17, 15) is 14.4 Å². The quantitative estimate of drug-likeness (QED) is 0.499. The van der Waals surface area contributed by atoms with Gasteiger partial charge in [0.05, 0.1) is 5.41 Å². The van der Waals surface area contributed by atoms with Crippen molar-refractivity contribution < 1.29 is 29.0 Å². The third kappa shape index (κ3) is 6.14. The Labute approximate surface area is 200 Å². The Kier molecular flexibility index (Phi) is 8.66. The van der Waals surface area contributed by atoms with Gasteiger partial charge in [-0.1, -0.05) is 18.9 Å². The number of amides is 2. The average molecular weight is 474 g/mol. The van der Waals surface area contributed by atoms with E-state index in [4.69, 9.17) is 14.6 Å². The molecule has 0 aromatic heterocycles. The van der Waals surface area contributed by atoms with Crippen LogP contribution in [0.2, 0.25) is 0 Å². The maximum absolute atomic E-state index is 13.1. The van der Waals surface area contributed by atoms with E-state index < -0.39 is 5.41 Å². The molecule has 2 aliphatic heterocycles. The van der Waals surface area contributed by atoms with Crippen LogP contribution in [0.4, 0.5) is 5.69 Å². The Morgan fingerprint density at radius 1 is 1.24 bits per heavy atom. The zero-order valence-electron chi connectivity index (χ0n) is 20.0. The Balaban J connectivity index is 0.00000103. The zero-order valence-corrected chi connectivity index (χ0v) is 20.0. The standard InChI is InChI=1S/C24H33N3O4.CH2O2/c1-26(2)16-20-15-24(23(30)31-20)10-12-27(13-11-24)22(29)18-8-5-9-19(14-18)25-21(28)17-6-3-4-7-17;2-1-3/h5,8-9,14,17,20H,3-4,6-7,10-13,15-16H2,1-2H3,(H,25,28);1H,(H,2,3). The van der Waals surface area contributed by atoms with Gasteiger partial charge in [-0.25, -0.2) is 0 Å². The molecule has 3 aliphatic rings. The summed E-state index contributed by atoms with van der Waals surface area (Å²) in [5.74, 6) is -0.0275. The molecule has 9 heteroatoms. The van der Waals surface area contributed by atoms with Gasteiger partial charge in [0.15, 0.2) is 0 Å². The number of likely N-dealkylation sites (N-methyl/N-ethyl adjacent to an activating group) is 1. The summed E-state index contributed by atoms with van der Waals surface area (Å²) >= 11 is 0. The van der Waals surface area contributed by atoms with Gasteiger partial charge in [0.2, 0.25) is 5.91 Å². The van der Waals surface area contributed by atoms with Gasteiger partial charge in [-0.2, -0.15) is 0 Å². The number of rotatable bonds is 5. The van der Waals surface area contributed by atoms with E-state index in [2.05, 4.69) is 5.32 Å². The Morgan fingerprint density at radius 3 is 2.50 bits per heavy atom. The molecule has 2 heterocycles. The van der Waals surface area contributed by atoms with E-state index >= 15 is 0 Å². The predicted molar refractivity (Wildman–Crippen MR) is 126 cm³/mol. The first-order chi connectivity index (χ1) is 16.3. The van der Waals surface area contributed by atoms with Crippen LogP contribution in [0.3, 0.4) is 0 Å². The molecule has 1 atom stereocenters. The highest BCUT2D eigenvalue weighted by Gasteiger charge is 2.50. The summed E-state index contributed by atoms with van der Waals surface area (Å²) in [5.41, 5.74) is 0.788. The van der Waals surface area contributed by atoms with E-state index in [-0.39, 0.29) is 36.3 Å². The molecule has 1 aromatic rings. The number of nitrogens with one attached hydrogen (secondary N) is 1. The van der Waals surface area contributed by atoms with Gasteiger partial charge in [-0.15, -0.1) is 0 Å². The molecule has 1 unspecified atom stereocenters. The van der Waals surface area contributed by atoms with Crippen LogP contribution in [0.1, 0.15) is 55.3 Å². The lowest BCUT2D eigenvalue weighted by Gasteiger charge is -2.36. The number of ether oxygens (including phenoxy) is 1. The van der Waals surface area contributed by atoms with Crippen LogP contribution < -0.4 is 5.32 Å². The lowest BCUT2D eigenvalue weighted by molar-refractivity contribution is -0.150. The number of likely N-dealkylation sites (tertiary alicyclic amines) is 1. The van der Waals surface area contributed by atoms with E-state index in [1.807, 2.05) is 36.0 Å². The normalized spacial score (nSPS) is 21.7. The van der Waals surface area contributed by atoms with E-state index in [0.29, 0.717) is 37.2 Å². The maximum atomic E-state index is 13.1. The molecule has 1 aliphatic carbocycles. The molecule has 3 fully saturated rings. The number of carbonyl (C=O) groups is 4. The van der Waals surface area contributed by atoms with Crippen molar-refractivity contribution in [2.24, 2.45) is 11.3 Å². The molecule has 1 saturated carbocycles. The number of carboxylic acid groups (broad SMARTS) is 1. The molecular formula is C25H35N3O6. The number of anilines is 1. The number of piperidine rings is 1. The number of hydrogen-bond acceptors (Lipinski definition) is 6. The first-order valence-electron chi connectivity index (χ1n) is 11.9. The predicted octanol–water partition coefficient (Wildman–Crippen LogP) is 2.62. The van der Waals surface area contributed by atoms with E-state index in [1.165, 1.54) is 0 Å². The highest BCUT2D eigenvalue weighted by molar-refractivity contribution is 5.98. The van der Waals surface area contributed by atoms with Crippen molar-refractivity contribution in [3.8, 4) is 0 Å². The second-order valence-electron chi connectivity index (χ2n) is 9.72. The van der Waals surface area contributed by atoms with E-state index in [1.54, 1.807) is 12.1 Å². The van der Waals surface area contributed by atoms with Gasteiger partial charge >= 0.3 is 5.97 Å². The molecule has 34 heavy (non-hydrogen) atoms. The second-order valence-corrected chi connectivity index (χ2v) is 9.72. The summed E-state index contributed by atoms with van der Waals surface area (Å²) in [6.07, 6.45) is 6.04. The van der Waals surface area contributed by atoms with Gasteiger partial charge in [-0.05, 0) is 58.0 Å². The third-order valence-corrected chi connectivity index (χ3v) is 7.00. The summed E-state index contributed by atoms with van der Waals surface area (Å²) in [4.78, 5) is 50.3. The van der Waals surface area contributed by atoms with Crippen molar-refractivity contribution in [3.05, 3.63) is 29.8 Å². The van der Waals surface area contributed by atoms with Gasteiger partial charge in [0.25, 0.3) is 12.4 Å². The monoisotopic (exact) mass is 473 g/mol. The largest absolute Gasteiger partial charge is 0.483 e. The summed E-state index contributed by atoms with van der Waals surface area (Å²) in [6.45, 7) is 1.57. The molecular weight excluding hydrogens is 438 g/mol. The van der Waals surface area contributed by atoms with Crippen LogP contribution in [0.25, 0.3) is 0 Å². The SMILES string of the molecule is CN(C)CC1CC2(CCN(C(=O)c3cccc(NC(=O)C4CCCC4)c3)CC2)C(=O)O1.O=CO. The van der Waals surface area contributed by atoms with Crippen LogP contribution in [-0.4, -0.2) is 79.0 Å². The fourth-order valence-electron chi connectivity index (χ4n) is 5.24. The van der Waals surface area contributed by atoms with Gasteiger partial charge in [-0.3, -0.25) is 19.2 Å². The topological polar surface area (TPSA) is 116 Å². The highest BCUT2D eigenvalue weighted by atomic mass is 16.6. The molecule has 9 nitrogen and oxygen atoms in total. The minimum absolute atomic E-state index is 0.0500. The fourth-order valence-corrected chi connectivity index (χ4v) is 5.24. The Hall–Kier alpha value is -2.94. The fraction of sp³-hybridized carbons (Fsp3) is 0.600. The highest BCUT2D eigenvalue weighted by Crippen LogP contribution is 2.43. The first-order valence-corrected chi connectivity index (χ1v) is 11.9. The second kappa shape index (κ2) is 11.5. The maximum Gasteiger partial charge on any atom is 0.312 e. The summed E-state index contributed by atoms with van der Waals surface area (Å²) < 4.78 is 5.62. The molecule has 186 valence electrons. The van der Waals surface area contributed by atoms with Gasteiger partial charge < -0.3 is 25.0 Å². The van der Waals surface area contributed by atoms with Crippen LogP contribution in [0.5, 0.6) is 0 Å². The number of esters is 1. The number of cyclic esters (lactones) is 1. The van der Waals surface area contributed by atoms with Crippen LogP contribution in [-0.2, 0) is 19.1 Å². The average Bonchev–Trinajstić information content (AvgIpc) is 3.43. The summed E-state index contributed by atoms with van der Waals surface area (Å²) in [5, 5.41) is 9.86. The van der Waals surface area contributed by atoms with Crippen LogP contribution >= 0.6 is 0 Å². The molecule has 2 saturated heterocycles.